The monoisotopic (exact) mass is 392 g/mol. The summed E-state index contributed by atoms with van der Waals surface area (Å²) in [4.78, 5) is 20.1. The van der Waals surface area contributed by atoms with E-state index in [0.29, 0.717) is 22.8 Å². The quantitative estimate of drug-likeness (QED) is 0.600. The largest absolute Gasteiger partial charge is 0.443 e. The first kappa shape index (κ1) is 19.0. The molecule has 1 aromatic rings. The van der Waals surface area contributed by atoms with Crippen molar-refractivity contribution in [1.82, 2.24) is 15.4 Å². The second kappa shape index (κ2) is 7.97. The Labute approximate surface area is 144 Å². The Hall–Kier alpha value is -1.08. The number of anilines is 1. The molecule has 0 bridgehead atoms. The third kappa shape index (κ3) is 6.79. The third-order valence-electron chi connectivity index (χ3n) is 2.51. The maximum Gasteiger partial charge on any atom is 0.426 e. The lowest BCUT2D eigenvalue weighted by atomic mass is 10.1. The maximum atomic E-state index is 12.0. The molecule has 1 N–H and O–H groups in total. The van der Waals surface area contributed by atoms with Gasteiger partial charge >= 0.3 is 6.09 Å². The predicted octanol–water partition coefficient (Wildman–Crippen LogP) is 4.18. The number of amides is 1. The zero-order valence-corrected chi connectivity index (χ0v) is 15.8. The number of hydrogen-bond acceptors (Lipinski definition) is 5. The van der Waals surface area contributed by atoms with Crippen molar-refractivity contribution in [2.45, 2.75) is 46.6 Å². The molecule has 22 heavy (non-hydrogen) atoms. The number of carbonyl (C=O) groups excluding carboxylic acids is 1. The summed E-state index contributed by atoms with van der Waals surface area (Å²) in [5.41, 5.74) is 2.13. The molecule has 0 radical (unpaired) electrons. The minimum absolute atomic E-state index is 0.110. The van der Waals surface area contributed by atoms with Crippen LogP contribution >= 0.6 is 27.5 Å². The Bertz CT molecular complexity index is 520. The van der Waals surface area contributed by atoms with Gasteiger partial charge in [-0.1, -0.05) is 13.8 Å². The highest BCUT2D eigenvalue weighted by Gasteiger charge is 2.21. The van der Waals surface area contributed by atoms with Crippen molar-refractivity contribution in [2.24, 2.45) is 5.92 Å². The van der Waals surface area contributed by atoms with E-state index in [0.717, 1.165) is 6.42 Å². The van der Waals surface area contributed by atoms with Crippen molar-refractivity contribution in [3.8, 4) is 0 Å². The molecule has 0 spiro atoms. The van der Waals surface area contributed by atoms with Gasteiger partial charge in [-0.05, 0) is 60.6 Å². The highest BCUT2D eigenvalue weighted by Crippen LogP contribution is 2.24. The van der Waals surface area contributed by atoms with Crippen molar-refractivity contribution in [3.05, 3.63) is 16.0 Å². The van der Waals surface area contributed by atoms with Gasteiger partial charge in [0.15, 0.2) is 5.82 Å². The van der Waals surface area contributed by atoms with Gasteiger partial charge in [-0.25, -0.2) is 15.2 Å². The lowest BCUT2D eigenvalue weighted by molar-refractivity contribution is 0.0519. The van der Waals surface area contributed by atoms with Crippen molar-refractivity contribution in [1.29, 1.82) is 0 Å². The summed E-state index contributed by atoms with van der Waals surface area (Å²) >= 11 is 9.22. The van der Waals surface area contributed by atoms with Crippen LogP contribution in [0, 0.1) is 5.92 Å². The van der Waals surface area contributed by atoms with E-state index in [1.807, 2.05) is 20.8 Å². The minimum atomic E-state index is -0.575. The summed E-state index contributed by atoms with van der Waals surface area (Å²) < 4.78 is 5.92. The number of nitrogens with one attached hydrogen (secondary N) is 1. The molecule has 1 amide bonds. The number of ether oxygens (including phenoxy) is 1. The summed E-state index contributed by atoms with van der Waals surface area (Å²) in [6.07, 6.45) is 1.87. The van der Waals surface area contributed by atoms with Crippen molar-refractivity contribution in [2.75, 3.05) is 11.6 Å². The lowest BCUT2D eigenvalue weighted by Gasteiger charge is -2.28. The van der Waals surface area contributed by atoms with Crippen LogP contribution < -0.4 is 10.4 Å². The van der Waals surface area contributed by atoms with Gasteiger partial charge in [-0.3, -0.25) is 5.01 Å². The van der Waals surface area contributed by atoms with Crippen LogP contribution in [0.1, 0.15) is 41.0 Å². The maximum absolute atomic E-state index is 12.0. The number of nitrogens with zero attached hydrogens (tertiary/aromatic N) is 3. The zero-order chi connectivity index (χ0) is 16.9. The van der Waals surface area contributed by atoms with E-state index < -0.39 is 11.7 Å². The zero-order valence-electron chi connectivity index (χ0n) is 13.5. The van der Waals surface area contributed by atoms with Crippen LogP contribution in [0.2, 0.25) is 5.28 Å². The van der Waals surface area contributed by atoms with Gasteiger partial charge in [0.25, 0.3) is 0 Å². The predicted molar refractivity (Wildman–Crippen MR) is 90.9 cm³/mol. The van der Waals surface area contributed by atoms with E-state index in [-0.39, 0.29) is 5.28 Å². The molecule has 0 saturated heterocycles. The van der Waals surface area contributed by atoms with Crippen molar-refractivity contribution in [3.63, 3.8) is 0 Å². The normalized spacial score (nSPS) is 11.5. The van der Waals surface area contributed by atoms with Crippen LogP contribution in [0.15, 0.2) is 10.7 Å². The molecule has 0 fully saturated rings. The second-order valence-corrected chi connectivity index (χ2v) is 7.45. The standard InChI is InChI=1S/C14H22BrClN4O2/c1-9(2)6-7-20(19-13(21)22-14(3,4)5)11-10(15)8-17-12(16)18-11/h8-9H,6-7H2,1-5H3,(H,19,21). The fraction of sp³-hybridized carbons (Fsp3) is 0.643. The summed E-state index contributed by atoms with van der Waals surface area (Å²) in [5.74, 6) is 0.963. The Morgan fingerprint density at radius 3 is 2.68 bits per heavy atom. The van der Waals surface area contributed by atoms with E-state index in [2.05, 4.69) is 45.2 Å². The smallest absolute Gasteiger partial charge is 0.426 e. The first-order chi connectivity index (χ1) is 10.1. The fourth-order valence-corrected chi connectivity index (χ4v) is 2.07. The van der Waals surface area contributed by atoms with Crippen LogP contribution in [0.3, 0.4) is 0 Å². The van der Waals surface area contributed by atoms with Gasteiger partial charge < -0.3 is 4.74 Å². The first-order valence-electron chi connectivity index (χ1n) is 7.03. The van der Waals surface area contributed by atoms with E-state index in [1.54, 1.807) is 11.2 Å². The molecule has 0 atom stereocenters. The van der Waals surface area contributed by atoms with Crippen molar-refractivity contribution >= 4 is 39.4 Å². The molecule has 8 heteroatoms. The minimum Gasteiger partial charge on any atom is -0.443 e. The molecule has 0 saturated carbocycles. The summed E-state index contributed by atoms with van der Waals surface area (Å²) in [5, 5.41) is 1.73. The topological polar surface area (TPSA) is 67.4 Å². The summed E-state index contributed by atoms with van der Waals surface area (Å²) in [6.45, 7) is 10.2. The highest BCUT2D eigenvalue weighted by atomic mass is 79.9. The van der Waals surface area contributed by atoms with Crippen LogP contribution in [-0.2, 0) is 4.74 Å². The molecular weight excluding hydrogens is 372 g/mol. The summed E-state index contributed by atoms with van der Waals surface area (Å²) in [7, 11) is 0. The molecule has 0 aliphatic heterocycles. The highest BCUT2D eigenvalue weighted by molar-refractivity contribution is 9.10. The third-order valence-corrected chi connectivity index (χ3v) is 3.25. The lowest BCUT2D eigenvalue weighted by Crippen LogP contribution is -2.46. The van der Waals surface area contributed by atoms with E-state index in [9.17, 15) is 4.79 Å². The molecule has 0 aliphatic rings. The molecule has 1 aromatic heterocycles. The van der Waals surface area contributed by atoms with Gasteiger partial charge in [-0.2, -0.15) is 4.98 Å². The average Bonchev–Trinajstić information content (AvgIpc) is 2.35. The molecule has 0 aromatic carbocycles. The average molecular weight is 394 g/mol. The molecule has 1 heterocycles. The molecular formula is C14H22BrClN4O2. The van der Waals surface area contributed by atoms with Gasteiger partial charge in [0.2, 0.25) is 5.28 Å². The van der Waals surface area contributed by atoms with E-state index in [4.69, 9.17) is 16.3 Å². The van der Waals surface area contributed by atoms with Crippen LogP contribution in [0.25, 0.3) is 0 Å². The number of carbonyl (C=O) groups is 1. The fourth-order valence-electron chi connectivity index (χ4n) is 1.54. The Kier molecular flexibility index (Phi) is 6.87. The first-order valence-corrected chi connectivity index (χ1v) is 8.21. The second-order valence-electron chi connectivity index (χ2n) is 6.26. The number of rotatable bonds is 5. The number of halogens is 2. The molecule has 124 valence electrons. The van der Waals surface area contributed by atoms with Gasteiger partial charge in [0, 0.05) is 12.7 Å². The molecule has 1 rings (SSSR count). The van der Waals surface area contributed by atoms with Crippen LogP contribution in [-0.4, -0.2) is 28.2 Å². The number of hydrazine groups is 1. The Morgan fingerprint density at radius 2 is 2.14 bits per heavy atom. The number of hydrogen-bond donors (Lipinski definition) is 1. The molecule has 6 nitrogen and oxygen atoms in total. The van der Waals surface area contributed by atoms with E-state index in [1.165, 1.54) is 0 Å². The van der Waals surface area contributed by atoms with Gasteiger partial charge in [0.05, 0.1) is 4.47 Å². The number of aromatic nitrogens is 2. The van der Waals surface area contributed by atoms with Gasteiger partial charge in [0.1, 0.15) is 5.60 Å². The van der Waals surface area contributed by atoms with E-state index >= 15 is 0 Å². The Morgan fingerprint density at radius 1 is 1.50 bits per heavy atom. The molecule has 0 unspecified atom stereocenters. The molecule has 0 aliphatic carbocycles. The van der Waals surface area contributed by atoms with Crippen molar-refractivity contribution < 1.29 is 9.53 Å². The van der Waals surface area contributed by atoms with Crippen LogP contribution in [0.4, 0.5) is 10.6 Å². The van der Waals surface area contributed by atoms with Gasteiger partial charge in [-0.15, -0.1) is 0 Å². The van der Waals surface area contributed by atoms with Crippen LogP contribution in [0.5, 0.6) is 0 Å². The SMILES string of the molecule is CC(C)CCN(NC(=O)OC(C)(C)C)c1nc(Cl)ncc1Br. The summed E-state index contributed by atoms with van der Waals surface area (Å²) in [6, 6.07) is 0. The Balaban J connectivity index is 2.93.